The fourth-order valence-corrected chi connectivity index (χ4v) is 2.65. The van der Waals surface area contributed by atoms with Gasteiger partial charge in [-0.25, -0.2) is 0 Å². The summed E-state index contributed by atoms with van der Waals surface area (Å²) in [6, 6.07) is 10.1. The normalized spacial score (nSPS) is 27.1. The molecule has 1 aromatic carbocycles. The molecule has 15 heavy (non-hydrogen) atoms. The third-order valence-corrected chi connectivity index (χ3v) is 3.68. The van der Waals surface area contributed by atoms with Crippen LogP contribution >= 0.6 is 0 Å². The summed E-state index contributed by atoms with van der Waals surface area (Å²) in [5.41, 5.74) is 8.04. The first-order valence-corrected chi connectivity index (χ1v) is 5.31. The maximum Gasteiger partial charge on any atom is 0.0991 e. The number of nitriles is 1. The maximum absolute atomic E-state index is 8.84. The van der Waals surface area contributed by atoms with Crippen LogP contribution in [0.4, 0.5) is 0 Å². The Kier molecular flexibility index (Phi) is 2.28. The number of nitrogens with two attached hydrogens (primary N) is 1. The molecule has 0 heterocycles. The first kappa shape index (κ1) is 10.2. The van der Waals surface area contributed by atoms with E-state index >= 15 is 0 Å². The molecule has 1 saturated carbocycles. The first-order valence-electron chi connectivity index (χ1n) is 5.31. The summed E-state index contributed by atoms with van der Waals surface area (Å²) in [5.74, 6) is 1.09. The molecule has 0 spiro atoms. The summed E-state index contributed by atoms with van der Waals surface area (Å²) < 4.78 is 0. The lowest BCUT2D eigenvalue weighted by Gasteiger charge is -2.02. The van der Waals surface area contributed by atoms with Gasteiger partial charge < -0.3 is 5.73 Å². The summed E-state index contributed by atoms with van der Waals surface area (Å²) in [4.78, 5) is 0. The summed E-state index contributed by atoms with van der Waals surface area (Å²) in [7, 11) is 0. The van der Waals surface area contributed by atoms with Crippen LogP contribution < -0.4 is 5.73 Å². The van der Waals surface area contributed by atoms with E-state index in [4.69, 9.17) is 11.0 Å². The molecule has 1 aliphatic carbocycles. The second-order valence-electron chi connectivity index (χ2n) is 4.88. The van der Waals surface area contributed by atoms with Crippen molar-refractivity contribution in [3.8, 4) is 6.07 Å². The highest BCUT2D eigenvalue weighted by Crippen LogP contribution is 2.63. The monoisotopic (exact) mass is 200 g/mol. The Morgan fingerprint density at radius 2 is 2.20 bits per heavy atom. The Morgan fingerprint density at radius 3 is 2.73 bits per heavy atom. The molecule has 0 saturated heterocycles. The van der Waals surface area contributed by atoms with Gasteiger partial charge in [0, 0.05) is 0 Å². The largest absolute Gasteiger partial charge is 0.330 e. The topological polar surface area (TPSA) is 49.8 Å². The Labute approximate surface area is 90.7 Å². The van der Waals surface area contributed by atoms with Crippen LogP contribution in [0.3, 0.4) is 0 Å². The molecule has 1 fully saturated rings. The lowest BCUT2D eigenvalue weighted by Crippen LogP contribution is -2.05. The molecule has 2 nitrogen and oxygen atoms in total. The zero-order valence-corrected chi connectivity index (χ0v) is 9.20. The zero-order valence-electron chi connectivity index (χ0n) is 9.20. The molecule has 2 rings (SSSR count). The summed E-state index contributed by atoms with van der Waals surface area (Å²) >= 11 is 0. The molecule has 78 valence electrons. The van der Waals surface area contributed by atoms with Gasteiger partial charge in [-0.15, -0.1) is 0 Å². The molecular weight excluding hydrogens is 184 g/mol. The maximum atomic E-state index is 8.84. The second kappa shape index (κ2) is 3.36. The average Bonchev–Trinajstić information content (AvgIpc) is 2.80. The van der Waals surface area contributed by atoms with Gasteiger partial charge in [0.25, 0.3) is 0 Å². The molecule has 2 heteroatoms. The van der Waals surface area contributed by atoms with Crippen molar-refractivity contribution in [3.63, 3.8) is 0 Å². The number of nitrogens with zero attached hydrogens (tertiary/aromatic N) is 1. The van der Waals surface area contributed by atoms with Gasteiger partial charge in [0.05, 0.1) is 11.6 Å². The van der Waals surface area contributed by atoms with E-state index in [1.165, 1.54) is 5.56 Å². The molecule has 0 aromatic heterocycles. The fraction of sp³-hybridized carbons (Fsp3) is 0.462. The van der Waals surface area contributed by atoms with Crippen LogP contribution in [0.2, 0.25) is 0 Å². The fourth-order valence-electron chi connectivity index (χ4n) is 2.65. The van der Waals surface area contributed by atoms with Gasteiger partial charge in [-0.1, -0.05) is 26.0 Å². The van der Waals surface area contributed by atoms with E-state index in [0.717, 1.165) is 12.1 Å². The van der Waals surface area contributed by atoms with Gasteiger partial charge in [0.2, 0.25) is 0 Å². The molecule has 1 aliphatic rings. The lowest BCUT2D eigenvalue weighted by atomic mass is 10.0. The van der Waals surface area contributed by atoms with Gasteiger partial charge in [-0.3, -0.25) is 0 Å². The number of benzene rings is 1. The van der Waals surface area contributed by atoms with Gasteiger partial charge in [0.1, 0.15) is 0 Å². The Hall–Kier alpha value is -1.33. The Morgan fingerprint density at radius 1 is 1.47 bits per heavy atom. The predicted octanol–water partition coefficient (Wildman–Crippen LogP) is 2.26. The van der Waals surface area contributed by atoms with Crippen LogP contribution in [0.5, 0.6) is 0 Å². The quantitative estimate of drug-likeness (QED) is 0.796. The summed E-state index contributed by atoms with van der Waals surface area (Å²) in [6.45, 7) is 5.22. The number of hydrogen-bond acceptors (Lipinski definition) is 2. The average molecular weight is 200 g/mol. The van der Waals surface area contributed by atoms with E-state index in [2.05, 4.69) is 26.0 Å². The van der Waals surface area contributed by atoms with Crippen LogP contribution in [0.1, 0.15) is 30.9 Å². The molecule has 2 atom stereocenters. The minimum atomic E-state index is 0.294. The third kappa shape index (κ3) is 1.53. The van der Waals surface area contributed by atoms with Crippen LogP contribution in [0.25, 0.3) is 0 Å². The highest BCUT2D eigenvalue weighted by atomic mass is 14.7. The van der Waals surface area contributed by atoms with E-state index in [9.17, 15) is 0 Å². The van der Waals surface area contributed by atoms with Crippen molar-refractivity contribution in [1.82, 2.24) is 0 Å². The summed E-state index contributed by atoms with van der Waals surface area (Å²) in [5, 5.41) is 8.84. The molecule has 0 amide bonds. The van der Waals surface area contributed by atoms with Gasteiger partial charge in [-0.05, 0) is 41.5 Å². The smallest absolute Gasteiger partial charge is 0.0991 e. The van der Waals surface area contributed by atoms with Gasteiger partial charge in [-0.2, -0.15) is 5.26 Å². The van der Waals surface area contributed by atoms with E-state index in [1.54, 1.807) is 0 Å². The van der Waals surface area contributed by atoms with Crippen molar-refractivity contribution < 1.29 is 0 Å². The van der Waals surface area contributed by atoms with E-state index in [0.29, 0.717) is 17.3 Å². The molecule has 0 unspecified atom stereocenters. The Bertz CT molecular complexity index is 415. The standard InChI is InChI=1S/C13H16N2/c1-13(2)11(8-15)12(13)10-5-3-4-9(6-10)7-14/h3-6,11-12H,8,15H2,1-2H3/t11-,12-/m1/s1. The van der Waals surface area contributed by atoms with Crippen molar-refractivity contribution in [1.29, 1.82) is 5.26 Å². The van der Waals surface area contributed by atoms with Gasteiger partial charge >= 0.3 is 0 Å². The number of rotatable bonds is 2. The van der Waals surface area contributed by atoms with Crippen molar-refractivity contribution in [2.45, 2.75) is 19.8 Å². The van der Waals surface area contributed by atoms with Crippen molar-refractivity contribution in [3.05, 3.63) is 35.4 Å². The van der Waals surface area contributed by atoms with E-state index in [1.807, 2.05) is 18.2 Å². The molecule has 1 aromatic rings. The predicted molar refractivity (Wildman–Crippen MR) is 60.2 cm³/mol. The van der Waals surface area contributed by atoms with E-state index in [-0.39, 0.29) is 0 Å². The molecular formula is C13H16N2. The third-order valence-electron chi connectivity index (χ3n) is 3.68. The second-order valence-corrected chi connectivity index (χ2v) is 4.88. The SMILES string of the molecule is CC1(C)[C@H](CN)[C@H]1c1cccc(C#N)c1. The molecule has 2 N–H and O–H groups in total. The molecule has 0 radical (unpaired) electrons. The zero-order chi connectivity index (χ0) is 11.1. The van der Waals surface area contributed by atoms with Crippen molar-refractivity contribution in [2.75, 3.05) is 6.54 Å². The van der Waals surface area contributed by atoms with Crippen molar-refractivity contribution >= 4 is 0 Å². The van der Waals surface area contributed by atoms with Crippen LogP contribution in [-0.4, -0.2) is 6.54 Å². The molecule has 0 aliphatic heterocycles. The number of hydrogen-bond donors (Lipinski definition) is 1. The minimum Gasteiger partial charge on any atom is -0.330 e. The van der Waals surface area contributed by atoms with Crippen LogP contribution in [-0.2, 0) is 0 Å². The van der Waals surface area contributed by atoms with Gasteiger partial charge in [0.15, 0.2) is 0 Å². The van der Waals surface area contributed by atoms with Crippen LogP contribution in [0, 0.1) is 22.7 Å². The molecule has 0 bridgehead atoms. The first-order chi connectivity index (χ1) is 7.11. The van der Waals surface area contributed by atoms with Crippen LogP contribution in [0.15, 0.2) is 24.3 Å². The lowest BCUT2D eigenvalue weighted by molar-refractivity contribution is 0.558. The highest BCUT2D eigenvalue weighted by molar-refractivity contribution is 5.39. The van der Waals surface area contributed by atoms with E-state index < -0.39 is 0 Å². The highest BCUT2D eigenvalue weighted by Gasteiger charge is 2.57. The Balaban J connectivity index is 2.29. The van der Waals surface area contributed by atoms with Crippen molar-refractivity contribution in [2.24, 2.45) is 17.1 Å². The minimum absolute atomic E-state index is 0.294. The summed E-state index contributed by atoms with van der Waals surface area (Å²) in [6.07, 6.45) is 0.